The molecule has 0 spiro atoms. The van der Waals surface area contributed by atoms with Crippen LogP contribution in [0.1, 0.15) is 64.7 Å². The standard InChI is InChI=1S/C35H43ClN2O8/c1-20(2)16-28-33(42)44-27(21(3)30-31(46-30)23-10-7-6-8-11-23)12-9-13-29(40)38-25(18-22-14-15-26(39)24(36)17-22)32(41)37-19-35(4,5)34(43)45-28/h6-11,13-15,17,20-21,25,27-28,30-31,39H,12,16,18-19H2,1-5H3,(H,37,41)(H,38,40)/b13-9+/t21-,25+,27-,28-,30+,31+/m0/s1. The third-order valence-corrected chi connectivity index (χ3v) is 8.51. The highest BCUT2D eigenvalue weighted by atomic mass is 35.5. The van der Waals surface area contributed by atoms with Gasteiger partial charge in [-0.05, 0) is 55.5 Å². The lowest BCUT2D eigenvalue weighted by Crippen LogP contribution is -2.51. The number of esters is 2. The number of ether oxygens (including phenoxy) is 3. The molecule has 248 valence electrons. The number of aromatic hydroxyl groups is 1. The lowest BCUT2D eigenvalue weighted by Gasteiger charge is -2.29. The van der Waals surface area contributed by atoms with Crippen LogP contribution in [0.25, 0.3) is 0 Å². The Bertz CT molecular complexity index is 1440. The Hall–Kier alpha value is -3.89. The summed E-state index contributed by atoms with van der Waals surface area (Å²) in [5.41, 5.74) is 0.410. The molecule has 1 saturated heterocycles. The van der Waals surface area contributed by atoms with Crippen LogP contribution < -0.4 is 10.6 Å². The molecule has 0 aromatic heterocycles. The van der Waals surface area contributed by atoms with Crippen molar-refractivity contribution in [2.45, 2.75) is 84.3 Å². The lowest BCUT2D eigenvalue weighted by atomic mass is 9.92. The molecule has 4 rings (SSSR count). The maximum Gasteiger partial charge on any atom is 0.347 e. The summed E-state index contributed by atoms with van der Waals surface area (Å²) in [7, 11) is 0. The van der Waals surface area contributed by atoms with E-state index in [1.165, 1.54) is 18.2 Å². The number of phenols is 1. The van der Waals surface area contributed by atoms with E-state index in [0.29, 0.717) is 5.56 Å². The Labute approximate surface area is 274 Å². The fourth-order valence-electron chi connectivity index (χ4n) is 5.31. The summed E-state index contributed by atoms with van der Waals surface area (Å²) in [6.07, 6.45) is 1.18. The second-order valence-corrected chi connectivity index (χ2v) is 13.5. The predicted molar refractivity (Wildman–Crippen MR) is 172 cm³/mol. The predicted octanol–water partition coefficient (Wildman–Crippen LogP) is 4.82. The summed E-state index contributed by atoms with van der Waals surface area (Å²) >= 11 is 6.08. The summed E-state index contributed by atoms with van der Waals surface area (Å²) in [5.74, 6) is -2.75. The first-order valence-electron chi connectivity index (χ1n) is 15.6. The molecule has 2 aliphatic heterocycles. The molecule has 2 heterocycles. The van der Waals surface area contributed by atoms with E-state index in [9.17, 15) is 24.3 Å². The van der Waals surface area contributed by atoms with Crippen molar-refractivity contribution in [3.05, 3.63) is 76.8 Å². The molecule has 0 aliphatic carbocycles. The molecule has 0 bridgehead atoms. The highest BCUT2D eigenvalue weighted by Crippen LogP contribution is 2.45. The Morgan fingerprint density at radius 2 is 1.74 bits per heavy atom. The molecule has 46 heavy (non-hydrogen) atoms. The molecule has 10 nitrogen and oxygen atoms in total. The van der Waals surface area contributed by atoms with Crippen LogP contribution in [-0.2, 0) is 39.8 Å². The van der Waals surface area contributed by atoms with E-state index < -0.39 is 47.4 Å². The first-order chi connectivity index (χ1) is 21.7. The number of epoxide rings is 1. The highest BCUT2D eigenvalue weighted by Gasteiger charge is 2.48. The van der Waals surface area contributed by atoms with E-state index in [0.717, 1.165) is 5.56 Å². The molecule has 2 aromatic carbocycles. The van der Waals surface area contributed by atoms with Gasteiger partial charge in [-0.15, -0.1) is 0 Å². The SMILES string of the molecule is CC(C)C[C@@H]1OC(=O)C(C)(C)CNC(=O)[C@@H](Cc2ccc(O)c(Cl)c2)NC(=O)/C=C/C[C@@H]([C@H](C)[C@H]2O[C@@H]2c2ccccc2)OC1=O. The van der Waals surface area contributed by atoms with Gasteiger partial charge >= 0.3 is 11.9 Å². The molecular weight excluding hydrogens is 612 g/mol. The molecule has 0 radical (unpaired) electrons. The van der Waals surface area contributed by atoms with E-state index in [-0.39, 0.29) is 60.6 Å². The largest absolute Gasteiger partial charge is 0.506 e. The Morgan fingerprint density at radius 3 is 2.41 bits per heavy atom. The van der Waals surface area contributed by atoms with Crippen LogP contribution in [0.4, 0.5) is 0 Å². The molecule has 3 N–H and O–H groups in total. The van der Waals surface area contributed by atoms with Crippen molar-refractivity contribution in [3.63, 3.8) is 0 Å². The normalized spacial score (nSPS) is 27.2. The fraction of sp³-hybridized carbons (Fsp3) is 0.486. The topological polar surface area (TPSA) is 144 Å². The average molecular weight is 655 g/mol. The van der Waals surface area contributed by atoms with Gasteiger partial charge in [0, 0.05) is 25.3 Å². The number of hydrogen-bond donors (Lipinski definition) is 3. The maximum atomic E-state index is 13.5. The van der Waals surface area contributed by atoms with Gasteiger partial charge in [-0.2, -0.15) is 0 Å². The molecule has 2 amide bonds. The third kappa shape index (κ3) is 9.33. The minimum atomic E-state index is -1.21. The smallest absolute Gasteiger partial charge is 0.347 e. The van der Waals surface area contributed by atoms with E-state index >= 15 is 0 Å². The van der Waals surface area contributed by atoms with Crippen LogP contribution in [0.2, 0.25) is 5.02 Å². The monoisotopic (exact) mass is 654 g/mol. The summed E-state index contributed by atoms with van der Waals surface area (Å²) in [6.45, 7) is 8.84. The van der Waals surface area contributed by atoms with Crippen molar-refractivity contribution >= 4 is 35.4 Å². The molecular formula is C35H43ClN2O8. The van der Waals surface area contributed by atoms with E-state index in [1.54, 1.807) is 26.0 Å². The number of phenolic OH excluding ortho intramolecular Hbond substituents is 1. The van der Waals surface area contributed by atoms with Gasteiger partial charge in [-0.25, -0.2) is 4.79 Å². The molecule has 2 aliphatic rings. The van der Waals surface area contributed by atoms with Crippen LogP contribution in [0.5, 0.6) is 5.75 Å². The molecule has 0 unspecified atom stereocenters. The zero-order chi connectivity index (χ0) is 33.6. The number of amides is 2. The van der Waals surface area contributed by atoms with Crippen LogP contribution in [0, 0.1) is 17.3 Å². The number of halogens is 1. The van der Waals surface area contributed by atoms with Crippen molar-refractivity contribution in [2.75, 3.05) is 6.54 Å². The maximum absolute atomic E-state index is 13.5. The lowest BCUT2D eigenvalue weighted by molar-refractivity contribution is -0.179. The number of nitrogens with one attached hydrogen (secondary N) is 2. The quantitative estimate of drug-likeness (QED) is 0.285. The highest BCUT2D eigenvalue weighted by molar-refractivity contribution is 6.32. The number of rotatable bonds is 7. The van der Waals surface area contributed by atoms with Crippen LogP contribution in [-0.4, -0.2) is 59.8 Å². The van der Waals surface area contributed by atoms with Crippen molar-refractivity contribution in [1.82, 2.24) is 10.6 Å². The van der Waals surface area contributed by atoms with E-state index in [2.05, 4.69) is 10.6 Å². The van der Waals surface area contributed by atoms with Gasteiger partial charge in [0.2, 0.25) is 11.8 Å². The third-order valence-electron chi connectivity index (χ3n) is 8.20. The van der Waals surface area contributed by atoms with Crippen molar-refractivity contribution < 1.29 is 38.5 Å². The summed E-state index contributed by atoms with van der Waals surface area (Å²) < 4.78 is 17.8. The fourth-order valence-corrected chi connectivity index (χ4v) is 5.51. The Balaban J connectivity index is 1.61. The van der Waals surface area contributed by atoms with Gasteiger partial charge in [0.1, 0.15) is 24.0 Å². The van der Waals surface area contributed by atoms with Crippen LogP contribution in [0.15, 0.2) is 60.7 Å². The van der Waals surface area contributed by atoms with Crippen molar-refractivity contribution in [2.24, 2.45) is 17.3 Å². The Morgan fingerprint density at radius 1 is 1.02 bits per heavy atom. The summed E-state index contributed by atoms with van der Waals surface area (Å²) in [6, 6.07) is 13.3. The van der Waals surface area contributed by atoms with E-state index in [4.69, 9.17) is 25.8 Å². The number of hydrogen-bond acceptors (Lipinski definition) is 8. The molecule has 0 saturated carbocycles. The number of benzene rings is 2. The zero-order valence-electron chi connectivity index (χ0n) is 26.8. The number of carbonyl (C=O) groups is 4. The van der Waals surface area contributed by atoms with Gasteiger partial charge in [-0.1, -0.05) is 74.8 Å². The van der Waals surface area contributed by atoms with Crippen molar-refractivity contribution in [1.29, 1.82) is 0 Å². The first-order valence-corrected chi connectivity index (χ1v) is 16.0. The molecule has 2 aromatic rings. The Kier molecular flexibility index (Phi) is 11.5. The minimum Gasteiger partial charge on any atom is -0.506 e. The average Bonchev–Trinajstić information content (AvgIpc) is 3.81. The minimum absolute atomic E-state index is 0.0154. The van der Waals surface area contributed by atoms with Crippen molar-refractivity contribution in [3.8, 4) is 5.75 Å². The second kappa shape index (κ2) is 15.1. The second-order valence-electron chi connectivity index (χ2n) is 13.1. The summed E-state index contributed by atoms with van der Waals surface area (Å²) in [4.78, 5) is 53.4. The van der Waals surface area contributed by atoms with Crippen LogP contribution >= 0.6 is 11.6 Å². The van der Waals surface area contributed by atoms with E-state index in [1.807, 2.05) is 51.1 Å². The van der Waals surface area contributed by atoms with Gasteiger partial charge in [-0.3, -0.25) is 14.4 Å². The summed E-state index contributed by atoms with van der Waals surface area (Å²) in [5, 5.41) is 15.4. The molecule has 1 fully saturated rings. The zero-order valence-corrected chi connectivity index (χ0v) is 27.6. The molecule has 11 heteroatoms. The van der Waals surface area contributed by atoms with Gasteiger partial charge in [0.05, 0.1) is 16.5 Å². The van der Waals surface area contributed by atoms with Gasteiger partial charge in [0.15, 0.2) is 6.10 Å². The number of cyclic esters (lactones) is 2. The van der Waals surface area contributed by atoms with Crippen LogP contribution in [0.3, 0.4) is 0 Å². The van der Waals surface area contributed by atoms with Gasteiger partial charge < -0.3 is 30.0 Å². The van der Waals surface area contributed by atoms with Gasteiger partial charge in [0.25, 0.3) is 0 Å². The first kappa shape index (κ1) is 35.0. The molecule has 6 atom stereocenters. The number of carbonyl (C=O) groups excluding carboxylic acids is 4.